The molecule has 3 atom stereocenters. The van der Waals surface area contributed by atoms with Gasteiger partial charge in [0.15, 0.2) is 0 Å². The fourth-order valence-electron chi connectivity index (χ4n) is 11.2. The van der Waals surface area contributed by atoms with Gasteiger partial charge in [0.05, 0.1) is 33.8 Å². The molecule has 0 aliphatic rings. The molecule has 1 amide bonds. The van der Waals surface area contributed by atoms with E-state index in [2.05, 4.69) is 86.8 Å². The average Bonchev–Trinajstić information content (AvgIpc) is 3.63. The zero-order valence-electron chi connectivity index (χ0n) is 59.7. The third-order valence-electron chi connectivity index (χ3n) is 17.1. The van der Waals surface area contributed by atoms with Crippen molar-refractivity contribution in [1.82, 2.24) is 5.32 Å². The zero-order chi connectivity index (χ0) is 64.9. The second-order valence-corrected chi connectivity index (χ2v) is 28.6. The lowest BCUT2D eigenvalue weighted by molar-refractivity contribution is -0.870. The summed E-state index contributed by atoms with van der Waals surface area (Å²) in [4.78, 5) is 38.0. The van der Waals surface area contributed by atoms with Gasteiger partial charge >= 0.3 is 13.8 Å². The summed E-state index contributed by atoms with van der Waals surface area (Å²) in [6.07, 6.45) is 90.6. The van der Waals surface area contributed by atoms with Crippen LogP contribution in [0.5, 0.6) is 0 Å². The molecule has 0 aromatic carbocycles. The minimum atomic E-state index is -4.46. The molecule has 0 radical (unpaired) electrons. The topological polar surface area (TPSA) is 111 Å². The Morgan fingerprint density at radius 3 is 1.06 bits per heavy atom. The van der Waals surface area contributed by atoms with Crippen LogP contribution in [0.15, 0.2) is 72.9 Å². The molecular formula is C79H148N2O7P+. The SMILES string of the molecule is CCCCC/C=C\C/C=C\C/C=C\C/C=C\CCCCCCCCCCCCCC(=O)OC(/C=C/CCCCCCCCCCCCC)C(COP(=O)(O)OCC[N+](C)(C)C)NC(=O)CCCCCCCCCCCCCCC/C=C/CCCCCCCC. The number of unbranched alkanes of at least 4 members (excludes halogenated alkanes) is 44. The minimum Gasteiger partial charge on any atom is -0.456 e. The lowest BCUT2D eigenvalue weighted by Gasteiger charge is -2.27. The first-order chi connectivity index (χ1) is 43.4. The summed E-state index contributed by atoms with van der Waals surface area (Å²) >= 11 is 0. The Morgan fingerprint density at radius 2 is 0.685 bits per heavy atom. The van der Waals surface area contributed by atoms with E-state index < -0.39 is 20.0 Å². The molecule has 0 heterocycles. The molecule has 10 heteroatoms. The van der Waals surface area contributed by atoms with Gasteiger partial charge in [-0.25, -0.2) is 4.57 Å². The van der Waals surface area contributed by atoms with Crippen molar-refractivity contribution in [3.8, 4) is 0 Å². The first kappa shape index (κ1) is 86.5. The van der Waals surface area contributed by atoms with Crippen LogP contribution in [0.2, 0.25) is 0 Å². The molecule has 0 fully saturated rings. The van der Waals surface area contributed by atoms with Crippen molar-refractivity contribution in [3.05, 3.63) is 72.9 Å². The number of amides is 1. The van der Waals surface area contributed by atoms with Crippen LogP contribution in [0, 0.1) is 0 Å². The second-order valence-electron chi connectivity index (χ2n) is 27.2. The van der Waals surface area contributed by atoms with Gasteiger partial charge in [-0.2, -0.15) is 0 Å². The van der Waals surface area contributed by atoms with Crippen LogP contribution in [0.25, 0.3) is 0 Å². The van der Waals surface area contributed by atoms with Crippen LogP contribution < -0.4 is 5.32 Å². The van der Waals surface area contributed by atoms with Crippen LogP contribution in [-0.2, 0) is 27.9 Å². The van der Waals surface area contributed by atoms with Gasteiger partial charge in [0.2, 0.25) is 5.91 Å². The molecule has 0 saturated heterocycles. The Morgan fingerprint density at radius 1 is 0.393 bits per heavy atom. The number of rotatable bonds is 70. The van der Waals surface area contributed by atoms with Gasteiger partial charge in [0.1, 0.15) is 19.3 Å². The Kier molecular flexibility index (Phi) is 66.4. The standard InChI is InChI=1S/C79H147N2O7P/c1-7-10-13-16-19-22-25-28-30-32-34-36-38-39-40-41-43-45-47-49-51-54-57-60-63-66-69-72-79(83)88-77(70-67-64-61-58-55-52-27-24-21-18-15-12-9-3)76(75-87-89(84,85)86-74-73-81(4,5)6)80-78(82)71-68-65-62-59-56-53-50-48-46-44-42-37-35-33-31-29-26-23-20-17-14-11-8-2/h19,22,28-31,34,36,39-40,67,70,76-77H,7-18,20-21,23-27,32-33,35,37-38,41-66,68-69,71-75H2,1-6H3,(H-,80,82,84,85)/p+1/b22-19-,30-28-,31-29+,36-34-,40-39-,70-67+. The number of nitrogens with one attached hydrogen (secondary N) is 1. The summed E-state index contributed by atoms with van der Waals surface area (Å²) in [5.74, 6) is -0.495. The van der Waals surface area contributed by atoms with Crippen molar-refractivity contribution in [2.75, 3.05) is 40.9 Å². The number of carbonyl (C=O) groups excluding carboxylic acids is 2. The first-order valence-corrected chi connectivity index (χ1v) is 39.8. The molecule has 0 bridgehead atoms. The molecule has 2 N–H and O–H groups in total. The van der Waals surface area contributed by atoms with Gasteiger partial charge in [-0.1, -0.05) is 325 Å². The third kappa shape index (κ3) is 69.6. The van der Waals surface area contributed by atoms with Crippen LogP contribution >= 0.6 is 7.82 Å². The van der Waals surface area contributed by atoms with Crippen molar-refractivity contribution >= 4 is 19.7 Å². The van der Waals surface area contributed by atoms with E-state index in [1.54, 1.807) is 0 Å². The molecule has 0 aliphatic carbocycles. The highest BCUT2D eigenvalue weighted by atomic mass is 31.2. The van der Waals surface area contributed by atoms with Gasteiger partial charge in [-0.15, -0.1) is 0 Å². The van der Waals surface area contributed by atoms with Crippen molar-refractivity contribution in [1.29, 1.82) is 0 Å². The number of hydrogen-bond acceptors (Lipinski definition) is 6. The highest BCUT2D eigenvalue weighted by Crippen LogP contribution is 2.43. The number of carbonyl (C=O) groups is 2. The first-order valence-electron chi connectivity index (χ1n) is 38.3. The second kappa shape index (κ2) is 68.3. The molecule has 0 saturated carbocycles. The highest BCUT2D eigenvalue weighted by molar-refractivity contribution is 7.47. The molecule has 3 unspecified atom stereocenters. The van der Waals surface area contributed by atoms with Crippen molar-refractivity contribution in [2.24, 2.45) is 0 Å². The van der Waals surface area contributed by atoms with Crippen molar-refractivity contribution < 1.29 is 37.3 Å². The number of likely N-dealkylation sites (N-methyl/N-ethyl adjacent to an activating group) is 1. The lowest BCUT2D eigenvalue weighted by Crippen LogP contribution is -2.47. The Bertz CT molecular complexity index is 1750. The molecule has 0 spiro atoms. The van der Waals surface area contributed by atoms with Crippen molar-refractivity contribution in [3.63, 3.8) is 0 Å². The fraction of sp³-hybridized carbons (Fsp3) is 0.823. The smallest absolute Gasteiger partial charge is 0.456 e. The van der Waals surface area contributed by atoms with E-state index >= 15 is 0 Å². The van der Waals surface area contributed by atoms with E-state index in [1.165, 1.54) is 257 Å². The summed E-state index contributed by atoms with van der Waals surface area (Å²) in [6.45, 7) is 7.03. The number of esters is 1. The molecule has 0 aliphatic heterocycles. The minimum absolute atomic E-state index is 0.0394. The van der Waals surface area contributed by atoms with E-state index in [0.29, 0.717) is 17.4 Å². The Hall–Kier alpha value is -2.55. The number of phosphoric ester groups is 1. The molecular weight excluding hydrogens is 1120 g/mol. The summed E-state index contributed by atoms with van der Waals surface area (Å²) < 4.78 is 30.9. The molecule has 0 aromatic rings. The van der Waals surface area contributed by atoms with Crippen LogP contribution in [-0.4, -0.2) is 74.3 Å². The van der Waals surface area contributed by atoms with E-state index in [1.807, 2.05) is 33.3 Å². The maximum atomic E-state index is 13.7. The van der Waals surface area contributed by atoms with E-state index in [0.717, 1.165) is 77.0 Å². The predicted octanol–water partition coefficient (Wildman–Crippen LogP) is 24.7. The van der Waals surface area contributed by atoms with Gasteiger partial charge in [0.25, 0.3) is 0 Å². The van der Waals surface area contributed by atoms with Crippen LogP contribution in [0.1, 0.15) is 367 Å². The molecule has 520 valence electrons. The lowest BCUT2D eigenvalue weighted by atomic mass is 10.0. The van der Waals surface area contributed by atoms with Crippen molar-refractivity contribution in [2.45, 2.75) is 380 Å². The summed E-state index contributed by atoms with van der Waals surface area (Å²) in [5, 5.41) is 3.08. The van der Waals surface area contributed by atoms with Gasteiger partial charge in [-0.05, 0) is 102 Å². The maximum Gasteiger partial charge on any atom is 0.472 e. The zero-order valence-corrected chi connectivity index (χ0v) is 60.6. The third-order valence-corrected chi connectivity index (χ3v) is 18.1. The summed E-state index contributed by atoms with van der Waals surface area (Å²) in [7, 11) is 1.50. The van der Waals surface area contributed by atoms with Gasteiger partial charge in [-0.3, -0.25) is 18.6 Å². The van der Waals surface area contributed by atoms with E-state index in [9.17, 15) is 19.0 Å². The quantitative estimate of drug-likeness (QED) is 0.0205. The Labute approximate surface area is 553 Å². The molecule has 9 nitrogen and oxygen atoms in total. The van der Waals surface area contributed by atoms with E-state index in [-0.39, 0.29) is 31.5 Å². The summed E-state index contributed by atoms with van der Waals surface area (Å²) in [5.41, 5.74) is 0. The average molecular weight is 1270 g/mol. The normalized spacial score (nSPS) is 13.8. The van der Waals surface area contributed by atoms with Gasteiger partial charge < -0.3 is 19.4 Å². The number of allylic oxidation sites excluding steroid dienone is 11. The largest absolute Gasteiger partial charge is 0.472 e. The number of quaternary nitrogens is 1. The number of hydrogen-bond donors (Lipinski definition) is 2. The van der Waals surface area contributed by atoms with Gasteiger partial charge in [0, 0.05) is 12.8 Å². The fourth-order valence-corrected chi connectivity index (χ4v) is 12.0. The van der Waals surface area contributed by atoms with E-state index in [4.69, 9.17) is 13.8 Å². The van der Waals surface area contributed by atoms with Crippen LogP contribution in [0.3, 0.4) is 0 Å². The van der Waals surface area contributed by atoms with Crippen LogP contribution in [0.4, 0.5) is 0 Å². The number of phosphoric acid groups is 1. The molecule has 89 heavy (non-hydrogen) atoms. The molecule has 0 rings (SSSR count). The summed E-state index contributed by atoms with van der Waals surface area (Å²) in [6, 6.07) is -0.853. The monoisotopic (exact) mass is 1270 g/mol. The number of nitrogens with zero attached hydrogens (tertiary/aromatic N) is 1. The Balaban J connectivity index is 5.02. The predicted molar refractivity (Wildman–Crippen MR) is 388 cm³/mol. The highest BCUT2D eigenvalue weighted by Gasteiger charge is 2.30. The molecule has 0 aromatic heterocycles. The number of ether oxygens (including phenoxy) is 1. The maximum absolute atomic E-state index is 13.7.